The molecule has 0 amide bonds. The fourth-order valence-corrected chi connectivity index (χ4v) is 4.06. The number of sulfonamides is 1. The highest BCUT2D eigenvalue weighted by Gasteiger charge is 2.28. The van der Waals surface area contributed by atoms with Crippen molar-refractivity contribution in [1.29, 1.82) is 0 Å². The van der Waals surface area contributed by atoms with Gasteiger partial charge in [-0.15, -0.1) is 0 Å². The van der Waals surface area contributed by atoms with Crippen LogP contribution in [0.15, 0.2) is 23.1 Å². The smallest absolute Gasteiger partial charge is 0.243 e. The van der Waals surface area contributed by atoms with E-state index in [0.717, 1.165) is 0 Å². The second-order valence-corrected chi connectivity index (χ2v) is 7.11. The number of aliphatic hydroxyl groups is 1. The van der Waals surface area contributed by atoms with Crippen LogP contribution in [0.4, 0.5) is 0 Å². The number of hydrogen-bond acceptors (Lipinski definition) is 5. The van der Waals surface area contributed by atoms with Gasteiger partial charge < -0.3 is 9.84 Å². The summed E-state index contributed by atoms with van der Waals surface area (Å²) in [7, 11) is -2.06. The molecule has 0 aliphatic carbocycles. The van der Waals surface area contributed by atoms with E-state index in [4.69, 9.17) is 21.4 Å². The van der Waals surface area contributed by atoms with Crippen LogP contribution in [0.25, 0.3) is 0 Å². The molecule has 0 unspecified atom stereocenters. The van der Waals surface area contributed by atoms with Crippen molar-refractivity contribution in [1.82, 2.24) is 9.21 Å². The third-order valence-corrected chi connectivity index (χ3v) is 5.70. The zero-order chi connectivity index (χ0) is 15.5. The van der Waals surface area contributed by atoms with E-state index >= 15 is 0 Å². The van der Waals surface area contributed by atoms with Crippen LogP contribution in [0.2, 0.25) is 5.02 Å². The van der Waals surface area contributed by atoms with E-state index < -0.39 is 10.0 Å². The average molecular weight is 335 g/mol. The van der Waals surface area contributed by atoms with E-state index in [2.05, 4.69) is 0 Å². The Morgan fingerprint density at radius 3 is 2.48 bits per heavy atom. The monoisotopic (exact) mass is 334 g/mol. The Kier molecular flexibility index (Phi) is 5.45. The van der Waals surface area contributed by atoms with Crippen LogP contribution in [0.5, 0.6) is 5.75 Å². The van der Waals surface area contributed by atoms with Crippen molar-refractivity contribution in [2.24, 2.45) is 0 Å². The number of aliphatic hydroxyl groups excluding tert-OH is 1. The number of ether oxygens (including phenoxy) is 1. The van der Waals surface area contributed by atoms with Gasteiger partial charge in [0.05, 0.1) is 23.6 Å². The van der Waals surface area contributed by atoms with E-state index in [1.807, 2.05) is 4.90 Å². The maximum Gasteiger partial charge on any atom is 0.243 e. The highest BCUT2D eigenvalue weighted by atomic mass is 35.5. The lowest BCUT2D eigenvalue weighted by Gasteiger charge is -2.33. The Morgan fingerprint density at radius 2 is 1.95 bits per heavy atom. The van der Waals surface area contributed by atoms with Gasteiger partial charge in [-0.2, -0.15) is 4.31 Å². The molecule has 1 N–H and O–H groups in total. The zero-order valence-electron chi connectivity index (χ0n) is 11.8. The third kappa shape index (κ3) is 3.67. The lowest BCUT2D eigenvalue weighted by Crippen LogP contribution is -2.49. The summed E-state index contributed by atoms with van der Waals surface area (Å²) in [5, 5.41) is 9.18. The SMILES string of the molecule is COc1ccc(S(=O)(=O)N2CCN(CCO)CC2)cc1Cl. The third-order valence-electron chi connectivity index (χ3n) is 3.51. The number of β-amino-alcohol motifs (C(OH)–C–C–N with tert-alkyl or cyclic N) is 1. The topological polar surface area (TPSA) is 70.1 Å². The first-order valence-electron chi connectivity index (χ1n) is 6.66. The molecular formula is C13H19ClN2O4S. The Labute approximate surface area is 129 Å². The number of nitrogens with zero attached hydrogens (tertiary/aromatic N) is 2. The van der Waals surface area contributed by atoms with Gasteiger partial charge in [0.15, 0.2) is 0 Å². The van der Waals surface area contributed by atoms with Crippen molar-refractivity contribution in [3.8, 4) is 5.75 Å². The summed E-state index contributed by atoms with van der Waals surface area (Å²) in [6.07, 6.45) is 0. The van der Waals surface area contributed by atoms with E-state index in [1.165, 1.54) is 23.5 Å². The molecule has 1 aliphatic heterocycles. The van der Waals surface area contributed by atoms with Crippen LogP contribution in [-0.2, 0) is 10.0 Å². The summed E-state index contributed by atoms with van der Waals surface area (Å²) in [5.41, 5.74) is 0. The van der Waals surface area contributed by atoms with E-state index in [1.54, 1.807) is 6.07 Å². The Bertz CT molecular complexity index is 586. The van der Waals surface area contributed by atoms with Gasteiger partial charge in [-0.05, 0) is 18.2 Å². The molecule has 21 heavy (non-hydrogen) atoms. The van der Waals surface area contributed by atoms with Gasteiger partial charge in [0.25, 0.3) is 0 Å². The Morgan fingerprint density at radius 1 is 1.29 bits per heavy atom. The Hall–Kier alpha value is -0.860. The summed E-state index contributed by atoms with van der Waals surface area (Å²) < 4.78 is 31.6. The van der Waals surface area contributed by atoms with Crippen molar-refractivity contribution in [3.05, 3.63) is 23.2 Å². The van der Waals surface area contributed by atoms with Crippen molar-refractivity contribution in [2.45, 2.75) is 4.90 Å². The van der Waals surface area contributed by atoms with Crippen LogP contribution in [-0.4, -0.2) is 69.2 Å². The van der Waals surface area contributed by atoms with Crippen LogP contribution < -0.4 is 4.74 Å². The van der Waals surface area contributed by atoms with Gasteiger partial charge in [-0.3, -0.25) is 4.90 Å². The van der Waals surface area contributed by atoms with Crippen LogP contribution in [0, 0.1) is 0 Å². The van der Waals surface area contributed by atoms with Crippen molar-refractivity contribution >= 4 is 21.6 Å². The lowest BCUT2D eigenvalue weighted by molar-refractivity contribution is 0.151. The predicted molar refractivity (Wildman–Crippen MR) is 80.3 cm³/mol. The molecular weight excluding hydrogens is 316 g/mol. The van der Waals surface area contributed by atoms with Gasteiger partial charge in [0.2, 0.25) is 10.0 Å². The van der Waals surface area contributed by atoms with E-state index in [9.17, 15) is 8.42 Å². The predicted octanol–water partition coefficient (Wildman–Crippen LogP) is 0.647. The molecule has 0 saturated carbocycles. The van der Waals surface area contributed by atoms with Crippen molar-refractivity contribution in [3.63, 3.8) is 0 Å². The first-order valence-corrected chi connectivity index (χ1v) is 8.47. The normalized spacial score (nSPS) is 17.9. The highest BCUT2D eigenvalue weighted by Crippen LogP contribution is 2.28. The minimum Gasteiger partial charge on any atom is -0.495 e. The largest absolute Gasteiger partial charge is 0.495 e. The standard InChI is InChI=1S/C13H19ClN2O4S/c1-20-13-3-2-11(10-12(13)14)21(18,19)16-6-4-15(5-7-16)8-9-17/h2-3,10,17H,4-9H2,1H3. The first kappa shape index (κ1) is 16.5. The highest BCUT2D eigenvalue weighted by molar-refractivity contribution is 7.89. The maximum atomic E-state index is 12.6. The second kappa shape index (κ2) is 6.93. The molecule has 0 atom stereocenters. The molecule has 1 aliphatic rings. The average Bonchev–Trinajstić information content (AvgIpc) is 2.48. The number of benzene rings is 1. The van der Waals surface area contributed by atoms with Gasteiger partial charge in [0.1, 0.15) is 5.75 Å². The van der Waals surface area contributed by atoms with Crippen molar-refractivity contribution in [2.75, 3.05) is 46.4 Å². The van der Waals surface area contributed by atoms with Crippen LogP contribution in [0.3, 0.4) is 0 Å². The van der Waals surface area contributed by atoms with Crippen LogP contribution >= 0.6 is 11.6 Å². The molecule has 1 aromatic carbocycles. The zero-order valence-corrected chi connectivity index (χ0v) is 13.4. The Balaban J connectivity index is 2.14. The fourth-order valence-electron chi connectivity index (χ4n) is 2.29. The molecule has 0 spiro atoms. The summed E-state index contributed by atoms with van der Waals surface area (Å²) >= 11 is 5.99. The second-order valence-electron chi connectivity index (χ2n) is 4.77. The lowest BCUT2D eigenvalue weighted by atomic mass is 10.3. The molecule has 118 valence electrons. The van der Waals surface area contributed by atoms with Gasteiger partial charge in [-0.1, -0.05) is 11.6 Å². The molecule has 1 aromatic rings. The molecule has 1 heterocycles. The quantitative estimate of drug-likeness (QED) is 0.856. The number of halogens is 1. The molecule has 0 bridgehead atoms. The molecule has 0 radical (unpaired) electrons. The number of piperazine rings is 1. The summed E-state index contributed by atoms with van der Waals surface area (Å²) in [4.78, 5) is 2.21. The molecule has 1 fully saturated rings. The van der Waals surface area contributed by atoms with Crippen molar-refractivity contribution < 1.29 is 18.3 Å². The van der Waals surface area contributed by atoms with Crippen LogP contribution in [0.1, 0.15) is 0 Å². The molecule has 8 heteroatoms. The molecule has 2 rings (SSSR count). The van der Waals surface area contributed by atoms with E-state index in [-0.39, 0.29) is 16.5 Å². The maximum absolute atomic E-state index is 12.6. The molecule has 0 aromatic heterocycles. The van der Waals surface area contributed by atoms with Gasteiger partial charge >= 0.3 is 0 Å². The molecule has 6 nitrogen and oxygen atoms in total. The molecule has 1 saturated heterocycles. The minimum atomic E-state index is -3.54. The van der Waals surface area contributed by atoms with E-state index in [0.29, 0.717) is 38.5 Å². The van der Waals surface area contributed by atoms with Gasteiger partial charge in [-0.25, -0.2) is 8.42 Å². The summed E-state index contributed by atoms with van der Waals surface area (Å²) in [5.74, 6) is 0.448. The summed E-state index contributed by atoms with van der Waals surface area (Å²) in [6, 6.07) is 4.47. The summed E-state index contributed by atoms with van der Waals surface area (Å²) in [6.45, 7) is 2.70. The fraction of sp³-hybridized carbons (Fsp3) is 0.538. The number of rotatable bonds is 5. The minimum absolute atomic E-state index is 0.0842. The number of methoxy groups -OCH3 is 1. The number of hydrogen-bond donors (Lipinski definition) is 1. The van der Waals surface area contributed by atoms with Gasteiger partial charge in [0, 0.05) is 32.7 Å². The first-order chi connectivity index (χ1) is 9.98.